The second-order valence-electron chi connectivity index (χ2n) is 6.45. The summed E-state index contributed by atoms with van der Waals surface area (Å²) in [5.41, 5.74) is 0.684. The predicted octanol–water partition coefficient (Wildman–Crippen LogP) is 2.98. The van der Waals surface area contributed by atoms with E-state index < -0.39 is 0 Å². The molecular formula is C19H33Cl2N3O2. The molecule has 150 valence electrons. The zero-order valence-corrected chi connectivity index (χ0v) is 17.6. The minimum atomic E-state index is -0.00904. The monoisotopic (exact) mass is 405 g/mol. The van der Waals surface area contributed by atoms with Gasteiger partial charge in [0.25, 0.3) is 5.91 Å². The molecule has 1 aliphatic heterocycles. The smallest absolute Gasteiger partial charge is 0.251 e. The van der Waals surface area contributed by atoms with E-state index in [9.17, 15) is 4.79 Å². The summed E-state index contributed by atoms with van der Waals surface area (Å²) in [6, 6.07) is 7.63. The van der Waals surface area contributed by atoms with E-state index in [1.165, 1.54) is 0 Å². The third-order valence-corrected chi connectivity index (χ3v) is 4.83. The van der Waals surface area contributed by atoms with E-state index in [0.29, 0.717) is 18.1 Å². The molecule has 0 aromatic heterocycles. The van der Waals surface area contributed by atoms with Crippen molar-refractivity contribution in [3.63, 3.8) is 0 Å². The predicted molar refractivity (Wildman–Crippen MR) is 112 cm³/mol. The maximum atomic E-state index is 12.4. The number of likely N-dealkylation sites (N-methyl/N-ethyl adjacent to an activating group) is 1. The minimum Gasteiger partial charge on any atom is -0.492 e. The van der Waals surface area contributed by atoms with Gasteiger partial charge in [0, 0.05) is 24.7 Å². The number of hydrogen-bond donors (Lipinski definition) is 2. The number of amides is 1. The van der Waals surface area contributed by atoms with E-state index in [-0.39, 0.29) is 36.8 Å². The Bertz CT molecular complexity index is 510. The number of hydrogen-bond acceptors (Lipinski definition) is 4. The molecule has 1 aromatic rings. The van der Waals surface area contributed by atoms with Gasteiger partial charge in [-0.15, -0.1) is 24.8 Å². The molecule has 2 N–H and O–H groups in total. The highest BCUT2D eigenvalue weighted by Crippen LogP contribution is 2.15. The Balaban J connectivity index is 0.00000312. The highest BCUT2D eigenvalue weighted by molar-refractivity contribution is 5.94. The van der Waals surface area contributed by atoms with Crippen molar-refractivity contribution in [1.29, 1.82) is 0 Å². The van der Waals surface area contributed by atoms with E-state index in [0.717, 1.165) is 44.9 Å². The number of nitrogens with one attached hydrogen (secondary N) is 2. The molecule has 0 bridgehead atoms. The number of carbonyl (C=O) groups excluding carboxylic acids is 1. The second kappa shape index (κ2) is 13.2. The SMILES string of the molecule is CCN(CC)CCOc1ccc(C(=O)NC2CNCCC2C)cc1.Cl.Cl. The molecule has 1 amide bonds. The standard InChI is InChI=1S/C19H31N3O2.2ClH/c1-4-22(5-2)12-13-24-17-8-6-16(7-9-17)19(23)21-18-14-20-11-10-15(18)3;;/h6-9,15,18,20H,4-5,10-14H2,1-3H3,(H,21,23);2*1H. The summed E-state index contributed by atoms with van der Waals surface area (Å²) in [6.07, 6.45) is 1.10. The van der Waals surface area contributed by atoms with E-state index in [1.54, 1.807) is 0 Å². The molecule has 0 saturated carbocycles. The number of halogens is 2. The Kier molecular flexibility index (Phi) is 12.7. The first-order valence-electron chi connectivity index (χ1n) is 9.10. The Morgan fingerprint density at radius 1 is 1.23 bits per heavy atom. The Morgan fingerprint density at radius 3 is 2.46 bits per heavy atom. The third-order valence-electron chi connectivity index (χ3n) is 4.83. The van der Waals surface area contributed by atoms with Gasteiger partial charge in [0.05, 0.1) is 0 Å². The average molecular weight is 406 g/mol. The van der Waals surface area contributed by atoms with Gasteiger partial charge in [-0.05, 0) is 56.2 Å². The zero-order chi connectivity index (χ0) is 17.4. The van der Waals surface area contributed by atoms with Crippen LogP contribution >= 0.6 is 24.8 Å². The lowest BCUT2D eigenvalue weighted by molar-refractivity contribution is 0.0915. The normalized spacial score (nSPS) is 19.2. The highest BCUT2D eigenvalue weighted by Gasteiger charge is 2.22. The Labute approximate surface area is 170 Å². The molecule has 1 heterocycles. The molecule has 2 unspecified atom stereocenters. The molecule has 0 spiro atoms. The van der Waals surface area contributed by atoms with Crippen molar-refractivity contribution < 1.29 is 9.53 Å². The molecule has 1 fully saturated rings. The van der Waals surface area contributed by atoms with Crippen molar-refractivity contribution in [2.75, 3.05) is 39.3 Å². The van der Waals surface area contributed by atoms with Crippen molar-refractivity contribution in [3.8, 4) is 5.75 Å². The van der Waals surface area contributed by atoms with Gasteiger partial charge in [-0.2, -0.15) is 0 Å². The fraction of sp³-hybridized carbons (Fsp3) is 0.632. The van der Waals surface area contributed by atoms with Crippen molar-refractivity contribution in [1.82, 2.24) is 15.5 Å². The van der Waals surface area contributed by atoms with Gasteiger partial charge in [0.2, 0.25) is 0 Å². The zero-order valence-electron chi connectivity index (χ0n) is 16.0. The summed E-state index contributed by atoms with van der Waals surface area (Å²) in [7, 11) is 0. The number of carbonyl (C=O) groups is 1. The molecule has 2 atom stereocenters. The van der Waals surface area contributed by atoms with Crippen LogP contribution in [0.3, 0.4) is 0 Å². The van der Waals surface area contributed by atoms with Gasteiger partial charge in [-0.25, -0.2) is 0 Å². The molecule has 2 rings (SSSR count). The van der Waals surface area contributed by atoms with Crippen LogP contribution in [0.15, 0.2) is 24.3 Å². The van der Waals surface area contributed by atoms with Crippen LogP contribution in [0, 0.1) is 5.92 Å². The first-order valence-corrected chi connectivity index (χ1v) is 9.10. The number of piperidine rings is 1. The van der Waals surface area contributed by atoms with E-state index in [1.807, 2.05) is 24.3 Å². The summed E-state index contributed by atoms with van der Waals surface area (Å²) < 4.78 is 5.76. The fourth-order valence-corrected chi connectivity index (χ4v) is 2.97. The van der Waals surface area contributed by atoms with E-state index in [2.05, 4.69) is 36.3 Å². The molecule has 5 nitrogen and oxygen atoms in total. The molecule has 7 heteroatoms. The molecular weight excluding hydrogens is 373 g/mol. The highest BCUT2D eigenvalue weighted by atomic mass is 35.5. The maximum Gasteiger partial charge on any atom is 0.251 e. The van der Waals surface area contributed by atoms with Crippen LogP contribution in [0.1, 0.15) is 37.6 Å². The summed E-state index contributed by atoms with van der Waals surface area (Å²) in [5.74, 6) is 1.31. The number of benzene rings is 1. The molecule has 26 heavy (non-hydrogen) atoms. The largest absolute Gasteiger partial charge is 0.492 e. The van der Waals surface area contributed by atoms with Crippen molar-refractivity contribution in [2.24, 2.45) is 5.92 Å². The van der Waals surface area contributed by atoms with Crippen LogP contribution in [-0.2, 0) is 0 Å². The second-order valence-corrected chi connectivity index (χ2v) is 6.45. The van der Waals surface area contributed by atoms with Gasteiger partial charge < -0.3 is 20.3 Å². The first kappa shape index (κ1) is 25.0. The average Bonchev–Trinajstić information content (AvgIpc) is 2.61. The van der Waals surface area contributed by atoms with Crippen LogP contribution in [0.25, 0.3) is 0 Å². The minimum absolute atomic E-state index is 0. The third kappa shape index (κ3) is 7.70. The Hall–Kier alpha value is -1.01. The van der Waals surface area contributed by atoms with Crippen LogP contribution < -0.4 is 15.4 Å². The van der Waals surface area contributed by atoms with Crippen molar-refractivity contribution in [2.45, 2.75) is 33.2 Å². The topological polar surface area (TPSA) is 53.6 Å². The van der Waals surface area contributed by atoms with Gasteiger partial charge in [0.1, 0.15) is 12.4 Å². The molecule has 1 aliphatic rings. The molecule has 1 saturated heterocycles. The quantitative estimate of drug-likeness (QED) is 0.697. The summed E-state index contributed by atoms with van der Waals surface area (Å²) in [6.45, 7) is 12.0. The maximum absolute atomic E-state index is 12.4. The van der Waals surface area contributed by atoms with Crippen molar-refractivity contribution >= 4 is 30.7 Å². The Morgan fingerprint density at radius 2 is 1.88 bits per heavy atom. The van der Waals surface area contributed by atoms with E-state index >= 15 is 0 Å². The lowest BCUT2D eigenvalue weighted by atomic mass is 9.94. The van der Waals surface area contributed by atoms with Crippen LogP contribution in [-0.4, -0.2) is 56.2 Å². The van der Waals surface area contributed by atoms with Gasteiger partial charge in [-0.3, -0.25) is 4.79 Å². The van der Waals surface area contributed by atoms with Gasteiger partial charge in [0.15, 0.2) is 0 Å². The summed E-state index contributed by atoms with van der Waals surface area (Å²) >= 11 is 0. The lowest BCUT2D eigenvalue weighted by Crippen LogP contribution is -2.50. The summed E-state index contributed by atoms with van der Waals surface area (Å²) in [5, 5.41) is 6.46. The van der Waals surface area contributed by atoms with Gasteiger partial charge in [-0.1, -0.05) is 20.8 Å². The van der Waals surface area contributed by atoms with Gasteiger partial charge >= 0.3 is 0 Å². The first-order chi connectivity index (χ1) is 11.6. The number of nitrogens with zero attached hydrogens (tertiary/aromatic N) is 1. The number of ether oxygens (including phenoxy) is 1. The molecule has 0 radical (unpaired) electrons. The molecule has 1 aromatic carbocycles. The molecule has 0 aliphatic carbocycles. The van der Waals surface area contributed by atoms with Crippen LogP contribution in [0.4, 0.5) is 0 Å². The summed E-state index contributed by atoms with van der Waals surface area (Å²) in [4.78, 5) is 14.7. The van der Waals surface area contributed by atoms with Crippen LogP contribution in [0.5, 0.6) is 5.75 Å². The fourth-order valence-electron chi connectivity index (χ4n) is 2.97. The van der Waals surface area contributed by atoms with Crippen molar-refractivity contribution in [3.05, 3.63) is 29.8 Å². The number of rotatable bonds is 8. The van der Waals surface area contributed by atoms with Crippen LogP contribution in [0.2, 0.25) is 0 Å². The van der Waals surface area contributed by atoms with E-state index in [4.69, 9.17) is 4.74 Å². The lowest BCUT2D eigenvalue weighted by Gasteiger charge is -2.30.